The van der Waals surface area contributed by atoms with E-state index in [-0.39, 0.29) is 11.8 Å². The first-order chi connectivity index (χ1) is 11.4. The maximum absolute atomic E-state index is 11.9. The van der Waals surface area contributed by atoms with Gasteiger partial charge in [-0.25, -0.2) is 13.2 Å². The average Bonchev–Trinajstić information content (AvgIpc) is 2.88. The zero-order chi connectivity index (χ0) is 17.2. The number of anilines is 1. The van der Waals surface area contributed by atoms with Gasteiger partial charge in [0, 0.05) is 18.5 Å². The minimum atomic E-state index is -2.99. The molecule has 0 aliphatic heterocycles. The summed E-state index contributed by atoms with van der Waals surface area (Å²) in [6.45, 7) is 0.329. The van der Waals surface area contributed by atoms with Gasteiger partial charge < -0.3 is 10.6 Å². The summed E-state index contributed by atoms with van der Waals surface area (Å²) in [5.74, 6) is 0.0738. The fourth-order valence-corrected chi connectivity index (χ4v) is 3.60. The zero-order valence-electron chi connectivity index (χ0n) is 13.5. The Bertz CT molecular complexity index is 876. The van der Waals surface area contributed by atoms with Gasteiger partial charge in [-0.05, 0) is 47.2 Å². The summed E-state index contributed by atoms with van der Waals surface area (Å²) in [5.41, 5.74) is 5.71. The van der Waals surface area contributed by atoms with Crippen molar-refractivity contribution in [1.29, 1.82) is 0 Å². The van der Waals surface area contributed by atoms with Crippen molar-refractivity contribution in [2.75, 3.05) is 23.9 Å². The highest BCUT2D eigenvalue weighted by Crippen LogP contribution is 2.37. The van der Waals surface area contributed by atoms with Gasteiger partial charge in [0.25, 0.3) is 0 Å². The van der Waals surface area contributed by atoms with Gasteiger partial charge in [0.15, 0.2) is 0 Å². The van der Waals surface area contributed by atoms with E-state index in [0.29, 0.717) is 13.0 Å². The Hall–Kier alpha value is -2.34. The van der Waals surface area contributed by atoms with E-state index >= 15 is 0 Å². The number of nitrogens with one attached hydrogen (secondary N) is 2. The van der Waals surface area contributed by atoms with E-state index in [2.05, 4.69) is 22.8 Å². The molecule has 0 radical (unpaired) electrons. The van der Waals surface area contributed by atoms with Crippen LogP contribution in [0.15, 0.2) is 42.5 Å². The van der Waals surface area contributed by atoms with Crippen LogP contribution in [0.5, 0.6) is 0 Å². The Labute approximate surface area is 142 Å². The fourth-order valence-electron chi connectivity index (χ4n) is 2.93. The Morgan fingerprint density at radius 3 is 2.62 bits per heavy atom. The van der Waals surface area contributed by atoms with Crippen LogP contribution in [0, 0.1) is 0 Å². The van der Waals surface area contributed by atoms with Crippen molar-refractivity contribution < 1.29 is 13.2 Å². The van der Waals surface area contributed by atoms with Gasteiger partial charge in [-0.2, -0.15) is 0 Å². The first kappa shape index (κ1) is 16.5. The maximum Gasteiger partial charge on any atom is 0.319 e. The summed E-state index contributed by atoms with van der Waals surface area (Å²) < 4.78 is 22.1. The number of hydrogen-bond acceptors (Lipinski definition) is 3. The molecule has 126 valence electrons. The minimum absolute atomic E-state index is 0.0738. The molecule has 0 unspecified atom stereocenters. The van der Waals surface area contributed by atoms with E-state index in [9.17, 15) is 13.2 Å². The number of amides is 2. The molecule has 1 aliphatic carbocycles. The third kappa shape index (κ3) is 3.94. The maximum atomic E-state index is 11.9. The quantitative estimate of drug-likeness (QED) is 0.699. The van der Waals surface area contributed by atoms with Gasteiger partial charge in [-0.15, -0.1) is 0 Å². The van der Waals surface area contributed by atoms with E-state index in [1.165, 1.54) is 28.5 Å². The van der Waals surface area contributed by atoms with Crippen LogP contribution in [0.2, 0.25) is 0 Å². The Kier molecular flexibility index (Phi) is 4.57. The standard InChI is InChI=1S/C18H20N2O3S/c1-24(22,23)10-4-9-19-18(21)20-15-7-8-17-14(12-15)11-13-5-2-3-6-16(13)17/h2-3,5-8,12H,4,9-11H2,1H3,(H2,19,20,21). The predicted molar refractivity (Wildman–Crippen MR) is 96.0 cm³/mol. The second-order valence-electron chi connectivity index (χ2n) is 6.07. The zero-order valence-corrected chi connectivity index (χ0v) is 14.3. The Balaban J connectivity index is 1.57. The normalized spacial score (nSPS) is 12.4. The first-order valence-electron chi connectivity index (χ1n) is 7.86. The molecule has 3 rings (SSSR count). The monoisotopic (exact) mass is 344 g/mol. The molecule has 2 N–H and O–H groups in total. The van der Waals surface area contributed by atoms with Crippen molar-refractivity contribution >= 4 is 21.6 Å². The molecule has 1 aliphatic rings. The predicted octanol–water partition coefficient (Wildman–Crippen LogP) is 2.81. The lowest BCUT2D eigenvalue weighted by Crippen LogP contribution is -2.30. The van der Waals surface area contributed by atoms with Crippen LogP contribution in [0.3, 0.4) is 0 Å². The van der Waals surface area contributed by atoms with Crippen molar-refractivity contribution in [1.82, 2.24) is 5.32 Å². The van der Waals surface area contributed by atoms with E-state index < -0.39 is 9.84 Å². The molecule has 0 heterocycles. The molecular weight excluding hydrogens is 324 g/mol. The topological polar surface area (TPSA) is 75.3 Å². The number of fused-ring (bicyclic) bond motifs is 3. The molecule has 0 spiro atoms. The average molecular weight is 344 g/mol. The van der Waals surface area contributed by atoms with Gasteiger partial charge in [0.05, 0.1) is 5.75 Å². The summed E-state index contributed by atoms with van der Waals surface area (Å²) in [7, 11) is -2.99. The summed E-state index contributed by atoms with van der Waals surface area (Å²) in [6, 6.07) is 13.9. The van der Waals surface area contributed by atoms with Crippen molar-refractivity contribution in [3.63, 3.8) is 0 Å². The lowest BCUT2D eigenvalue weighted by molar-refractivity contribution is 0.252. The SMILES string of the molecule is CS(=O)(=O)CCCNC(=O)Nc1ccc2c(c1)Cc1ccccc1-2. The third-order valence-electron chi connectivity index (χ3n) is 4.03. The summed E-state index contributed by atoms with van der Waals surface area (Å²) in [5, 5.41) is 5.47. The molecule has 2 amide bonds. The molecule has 0 bridgehead atoms. The van der Waals surface area contributed by atoms with Gasteiger partial charge >= 0.3 is 6.03 Å². The van der Waals surface area contributed by atoms with Crippen molar-refractivity contribution in [2.45, 2.75) is 12.8 Å². The molecular formula is C18H20N2O3S. The minimum Gasteiger partial charge on any atom is -0.338 e. The van der Waals surface area contributed by atoms with Crippen LogP contribution in [-0.2, 0) is 16.3 Å². The second-order valence-corrected chi connectivity index (χ2v) is 8.33. The number of rotatable bonds is 5. The first-order valence-corrected chi connectivity index (χ1v) is 9.92. The van der Waals surface area contributed by atoms with Crippen LogP contribution in [-0.4, -0.2) is 33.0 Å². The highest BCUT2D eigenvalue weighted by molar-refractivity contribution is 7.90. The molecule has 24 heavy (non-hydrogen) atoms. The van der Waals surface area contributed by atoms with Gasteiger partial charge in [-0.3, -0.25) is 0 Å². The van der Waals surface area contributed by atoms with Crippen molar-refractivity contribution in [3.05, 3.63) is 53.6 Å². The van der Waals surface area contributed by atoms with E-state index in [1.807, 2.05) is 30.3 Å². The van der Waals surface area contributed by atoms with E-state index in [4.69, 9.17) is 0 Å². The number of benzene rings is 2. The van der Waals surface area contributed by atoms with E-state index in [0.717, 1.165) is 12.1 Å². The van der Waals surface area contributed by atoms with Crippen LogP contribution in [0.25, 0.3) is 11.1 Å². The summed E-state index contributed by atoms with van der Waals surface area (Å²) in [6.07, 6.45) is 2.47. The van der Waals surface area contributed by atoms with Gasteiger partial charge in [-0.1, -0.05) is 30.3 Å². The Morgan fingerprint density at radius 2 is 1.83 bits per heavy atom. The molecule has 0 aromatic heterocycles. The largest absolute Gasteiger partial charge is 0.338 e. The summed E-state index contributed by atoms with van der Waals surface area (Å²) >= 11 is 0. The lowest BCUT2D eigenvalue weighted by Gasteiger charge is -2.09. The molecule has 2 aromatic carbocycles. The van der Waals surface area contributed by atoms with Crippen LogP contribution < -0.4 is 10.6 Å². The smallest absolute Gasteiger partial charge is 0.319 e. The molecule has 2 aromatic rings. The number of hydrogen-bond donors (Lipinski definition) is 2. The number of carbonyl (C=O) groups excluding carboxylic acids is 1. The van der Waals surface area contributed by atoms with Gasteiger partial charge in [0.2, 0.25) is 0 Å². The van der Waals surface area contributed by atoms with Crippen LogP contribution in [0.1, 0.15) is 17.5 Å². The highest BCUT2D eigenvalue weighted by Gasteiger charge is 2.18. The number of urea groups is 1. The fraction of sp³-hybridized carbons (Fsp3) is 0.278. The number of sulfone groups is 1. The lowest BCUT2D eigenvalue weighted by atomic mass is 10.1. The molecule has 0 saturated carbocycles. The van der Waals surface area contributed by atoms with Crippen LogP contribution >= 0.6 is 0 Å². The van der Waals surface area contributed by atoms with Crippen molar-refractivity contribution in [3.8, 4) is 11.1 Å². The molecule has 0 fully saturated rings. The Morgan fingerprint density at radius 1 is 1.08 bits per heavy atom. The van der Waals surface area contributed by atoms with Gasteiger partial charge in [0.1, 0.15) is 9.84 Å². The molecule has 6 heteroatoms. The van der Waals surface area contributed by atoms with E-state index in [1.54, 1.807) is 0 Å². The second kappa shape index (κ2) is 6.65. The number of carbonyl (C=O) groups is 1. The highest BCUT2D eigenvalue weighted by atomic mass is 32.2. The molecule has 5 nitrogen and oxygen atoms in total. The molecule has 0 saturated heterocycles. The molecule has 0 atom stereocenters. The van der Waals surface area contributed by atoms with Crippen LogP contribution in [0.4, 0.5) is 10.5 Å². The third-order valence-corrected chi connectivity index (χ3v) is 5.06. The van der Waals surface area contributed by atoms with Crippen molar-refractivity contribution in [2.24, 2.45) is 0 Å². The summed E-state index contributed by atoms with van der Waals surface area (Å²) in [4.78, 5) is 11.9.